The molecule has 21 heavy (non-hydrogen) atoms. The molecule has 2 aliphatic heterocycles. The number of nitrogens with zero attached hydrogens (tertiary/aromatic N) is 2. The Bertz CT molecular complexity index is 581. The second-order valence-electron chi connectivity index (χ2n) is 7.38. The van der Waals surface area contributed by atoms with Gasteiger partial charge in [-0.3, -0.25) is 9.69 Å². The maximum atomic E-state index is 12.3. The van der Waals surface area contributed by atoms with Crippen LogP contribution in [0.2, 0.25) is 0 Å². The first kappa shape index (κ1) is 13.9. The Morgan fingerprint density at radius 2 is 2.24 bits per heavy atom. The first-order chi connectivity index (χ1) is 10.0. The number of thiazole rings is 1. The zero-order chi connectivity index (χ0) is 14.6. The lowest BCUT2D eigenvalue weighted by Gasteiger charge is -2.34. The van der Waals surface area contributed by atoms with Gasteiger partial charge in [0.15, 0.2) is 5.78 Å². The summed E-state index contributed by atoms with van der Waals surface area (Å²) < 4.78 is 6.04. The van der Waals surface area contributed by atoms with E-state index in [-0.39, 0.29) is 17.3 Å². The van der Waals surface area contributed by atoms with E-state index >= 15 is 0 Å². The third-order valence-corrected chi connectivity index (χ3v) is 6.15. The van der Waals surface area contributed by atoms with E-state index in [0.717, 1.165) is 35.2 Å². The number of carbonyl (C=O) groups is 1. The van der Waals surface area contributed by atoms with Crippen LogP contribution in [0.4, 0.5) is 0 Å². The molecule has 0 spiro atoms. The molecule has 3 heterocycles. The van der Waals surface area contributed by atoms with Gasteiger partial charge in [-0.2, -0.15) is 0 Å². The summed E-state index contributed by atoms with van der Waals surface area (Å²) in [6.45, 7) is 7.24. The van der Waals surface area contributed by atoms with E-state index in [4.69, 9.17) is 9.72 Å². The molecule has 0 aromatic carbocycles. The number of rotatable bonds is 1. The fourth-order valence-electron chi connectivity index (χ4n) is 3.84. The maximum absolute atomic E-state index is 12.3. The molecule has 0 amide bonds. The number of Topliss-reactive ketones (excluding diaryl/α,β-unsaturated/α-hetero) is 1. The minimum atomic E-state index is 0.0445. The van der Waals surface area contributed by atoms with Crippen molar-refractivity contribution >= 4 is 17.1 Å². The standard InChI is InChI=1S/C16H22N2O2S/c1-16(2)6-11-14(12(19)7-16)21-15(17-11)13-8-18-5-3-4-10(18)9-20-13/h10,13H,3-9H2,1-2H3. The number of fused-ring (bicyclic) bond motifs is 2. The van der Waals surface area contributed by atoms with Gasteiger partial charge in [-0.15, -0.1) is 11.3 Å². The van der Waals surface area contributed by atoms with Crippen LogP contribution in [0.25, 0.3) is 0 Å². The predicted octanol–water partition coefficient (Wildman–Crippen LogP) is 2.83. The molecule has 2 saturated heterocycles. The zero-order valence-corrected chi connectivity index (χ0v) is 13.5. The lowest BCUT2D eigenvalue weighted by molar-refractivity contribution is -0.0503. The smallest absolute Gasteiger partial charge is 0.175 e. The summed E-state index contributed by atoms with van der Waals surface area (Å²) in [7, 11) is 0. The highest BCUT2D eigenvalue weighted by atomic mass is 32.1. The molecular weight excluding hydrogens is 284 g/mol. The summed E-state index contributed by atoms with van der Waals surface area (Å²) in [5.74, 6) is 0.264. The van der Waals surface area contributed by atoms with Crippen molar-refractivity contribution in [3.05, 3.63) is 15.6 Å². The summed E-state index contributed by atoms with van der Waals surface area (Å²) in [5.41, 5.74) is 1.05. The molecule has 3 aliphatic rings. The van der Waals surface area contributed by atoms with Crippen molar-refractivity contribution in [2.24, 2.45) is 5.41 Å². The van der Waals surface area contributed by atoms with E-state index in [1.54, 1.807) is 11.3 Å². The Kier molecular flexibility index (Phi) is 3.21. The highest BCUT2D eigenvalue weighted by Crippen LogP contribution is 2.40. The zero-order valence-electron chi connectivity index (χ0n) is 12.7. The van der Waals surface area contributed by atoms with Gasteiger partial charge in [-0.05, 0) is 31.2 Å². The Morgan fingerprint density at radius 3 is 3.10 bits per heavy atom. The van der Waals surface area contributed by atoms with E-state index < -0.39 is 0 Å². The molecular formula is C16H22N2O2S. The van der Waals surface area contributed by atoms with Crippen LogP contribution < -0.4 is 0 Å². The van der Waals surface area contributed by atoms with E-state index in [1.165, 1.54) is 19.4 Å². The molecule has 2 unspecified atom stereocenters. The van der Waals surface area contributed by atoms with Crippen molar-refractivity contribution in [3.63, 3.8) is 0 Å². The van der Waals surface area contributed by atoms with Gasteiger partial charge in [0.1, 0.15) is 11.1 Å². The summed E-state index contributed by atoms with van der Waals surface area (Å²) in [6, 6.07) is 0.608. The molecule has 0 radical (unpaired) electrons. The lowest BCUT2D eigenvalue weighted by Crippen LogP contribution is -2.42. The van der Waals surface area contributed by atoms with Gasteiger partial charge in [0.25, 0.3) is 0 Å². The first-order valence-electron chi connectivity index (χ1n) is 7.90. The van der Waals surface area contributed by atoms with E-state index in [0.29, 0.717) is 12.5 Å². The predicted molar refractivity (Wildman–Crippen MR) is 81.8 cm³/mol. The summed E-state index contributed by atoms with van der Waals surface area (Å²) in [4.78, 5) is 20.5. The number of hydrogen-bond acceptors (Lipinski definition) is 5. The molecule has 5 heteroatoms. The third-order valence-electron chi connectivity index (χ3n) is 4.92. The second-order valence-corrected chi connectivity index (χ2v) is 8.41. The van der Waals surface area contributed by atoms with Gasteiger partial charge in [-0.1, -0.05) is 13.8 Å². The number of aromatic nitrogens is 1. The van der Waals surface area contributed by atoms with Crippen molar-refractivity contribution in [1.29, 1.82) is 0 Å². The second kappa shape index (κ2) is 4.86. The van der Waals surface area contributed by atoms with Crippen molar-refractivity contribution in [2.45, 2.75) is 51.7 Å². The topological polar surface area (TPSA) is 42.4 Å². The highest BCUT2D eigenvalue weighted by Gasteiger charge is 2.38. The SMILES string of the molecule is CC1(C)CC(=O)c2sc(C3CN4CCCC4CO3)nc2C1. The van der Waals surface area contributed by atoms with Crippen molar-refractivity contribution in [1.82, 2.24) is 9.88 Å². The molecule has 2 atom stereocenters. The highest BCUT2D eigenvalue weighted by molar-refractivity contribution is 7.14. The average molecular weight is 306 g/mol. The Labute approximate surface area is 129 Å². The average Bonchev–Trinajstić information content (AvgIpc) is 3.01. The Morgan fingerprint density at radius 1 is 1.38 bits per heavy atom. The lowest BCUT2D eigenvalue weighted by atomic mass is 9.78. The maximum Gasteiger partial charge on any atom is 0.175 e. The number of morpholine rings is 1. The summed E-state index contributed by atoms with van der Waals surface area (Å²) >= 11 is 1.57. The minimum Gasteiger partial charge on any atom is -0.368 e. The third kappa shape index (κ3) is 2.45. The van der Waals surface area contributed by atoms with Crippen molar-refractivity contribution < 1.29 is 9.53 Å². The molecule has 0 bridgehead atoms. The minimum absolute atomic E-state index is 0.0445. The van der Waals surface area contributed by atoms with Gasteiger partial charge in [0, 0.05) is 19.0 Å². The quantitative estimate of drug-likeness (QED) is 0.800. The van der Waals surface area contributed by atoms with Crippen LogP contribution in [-0.2, 0) is 11.2 Å². The summed E-state index contributed by atoms with van der Waals surface area (Å²) in [6.07, 6.45) is 4.14. The number of ether oxygens (including phenoxy) is 1. The fraction of sp³-hybridized carbons (Fsp3) is 0.750. The molecule has 114 valence electrons. The number of ketones is 1. The molecule has 4 rings (SSSR count). The van der Waals surface area contributed by atoms with Crippen LogP contribution in [0.5, 0.6) is 0 Å². The fourth-order valence-corrected chi connectivity index (χ4v) is 4.90. The molecule has 2 fully saturated rings. The number of carbonyl (C=O) groups excluding carboxylic acids is 1. The molecule has 4 nitrogen and oxygen atoms in total. The van der Waals surface area contributed by atoms with Crippen molar-refractivity contribution in [3.8, 4) is 0 Å². The van der Waals surface area contributed by atoms with Gasteiger partial charge in [0.2, 0.25) is 0 Å². The van der Waals surface area contributed by atoms with Gasteiger partial charge in [-0.25, -0.2) is 4.98 Å². The van der Waals surface area contributed by atoms with Gasteiger partial charge < -0.3 is 4.74 Å². The largest absolute Gasteiger partial charge is 0.368 e. The van der Waals surface area contributed by atoms with Crippen LogP contribution >= 0.6 is 11.3 Å². The monoisotopic (exact) mass is 306 g/mol. The van der Waals surface area contributed by atoms with E-state index in [1.807, 2.05) is 0 Å². The molecule has 1 aliphatic carbocycles. The van der Waals surface area contributed by atoms with E-state index in [2.05, 4.69) is 18.7 Å². The Hall–Kier alpha value is -0.780. The Balaban J connectivity index is 1.58. The van der Waals surface area contributed by atoms with E-state index in [9.17, 15) is 4.79 Å². The van der Waals surface area contributed by atoms with Crippen LogP contribution in [0.1, 0.15) is 59.6 Å². The molecule has 1 aromatic rings. The molecule has 0 N–H and O–H groups in total. The van der Waals surface area contributed by atoms with Gasteiger partial charge in [0.05, 0.1) is 17.2 Å². The normalized spacial score (nSPS) is 32.0. The van der Waals surface area contributed by atoms with Crippen molar-refractivity contribution in [2.75, 3.05) is 19.7 Å². The van der Waals surface area contributed by atoms with Crippen LogP contribution in [0, 0.1) is 5.41 Å². The van der Waals surface area contributed by atoms with Crippen LogP contribution in [0.3, 0.4) is 0 Å². The summed E-state index contributed by atoms with van der Waals surface area (Å²) in [5, 5.41) is 1.01. The first-order valence-corrected chi connectivity index (χ1v) is 8.72. The molecule has 1 aromatic heterocycles. The van der Waals surface area contributed by atoms with Crippen LogP contribution in [-0.4, -0.2) is 41.4 Å². The van der Waals surface area contributed by atoms with Gasteiger partial charge >= 0.3 is 0 Å². The van der Waals surface area contributed by atoms with Crippen LogP contribution in [0.15, 0.2) is 0 Å². The number of hydrogen-bond donors (Lipinski definition) is 0. The molecule has 0 saturated carbocycles.